The molecule has 2 N–H and O–H groups in total. The number of nitrogens with zero attached hydrogens (tertiary/aromatic N) is 3. The number of methoxy groups -OCH3 is 1. The van der Waals surface area contributed by atoms with Crippen LogP contribution in [0.1, 0.15) is 5.82 Å². The van der Waals surface area contributed by atoms with E-state index in [9.17, 15) is 28.4 Å². The summed E-state index contributed by atoms with van der Waals surface area (Å²) in [6.07, 6.45) is -4.82. The number of fused-ring (bicyclic) bond motifs is 1. The maximum atomic E-state index is 13.1. The number of aromatic hydroxyl groups is 1. The molecule has 1 aromatic heterocycles. The Bertz CT molecular complexity index is 1040. The number of benzene rings is 2. The third kappa shape index (κ3) is 3.66. The highest BCUT2D eigenvalue weighted by molar-refractivity contribution is 5.92. The second-order valence-corrected chi connectivity index (χ2v) is 5.36. The molecule has 0 radical (unpaired) electrons. The number of rotatable bonds is 4. The largest absolute Gasteiger partial charge is 0.506 e. The highest BCUT2D eigenvalue weighted by Crippen LogP contribution is 2.35. The molecule has 0 bridgehead atoms. The van der Waals surface area contributed by atoms with Crippen LogP contribution in [0.5, 0.6) is 11.5 Å². The van der Waals surface area contributed by atoms with Gasteiger partial charge in [-0.2, -0.15) is 13.2 Å². The first kappa shape index (κ1) is 18.2. The van der Waals surface area contributed by atoms with Gasteiger partial charge in [-0.25, -0.2) is 9.97 Å². The number of halogens is 3. The van der Waals surface area contributed by atoms with Gasteiger partial charge in [-0.3, -0.25) is 10.1 Å². The molecule has 0 atom stereocenters. The van der Waals surface area contributed by atoms with Crippen LogP contribution in [0.15, 0.2) is 36.4 Å². The van der Waals surface area contributed by atoms with Crippen LogP contribution in [0.25, 0.3) is 10.9 Å². The number of ether oxygens (including phenoxy) is 1. The molecule has 0 aliphatic heterocycles. The van der Waals surface area contributed by atoms with E-state index in [0.29, 0.717) is 5.75 Å². The van der Waals surface area contributed by atoms with E-state index in [4.69, 9.17) is 4.74 Å². The van der Waals surface area contributed by atoms with Crippen LogP contribution in [-0.2, 0) is 6.18 Å². The van der Waals surface area contributed by atoms with E-state index in [0.717, 1.165) is 18.2 Å². The van der Waals surface area contributed by atoms with Crippen LogP contribution in [0.2, 0.25) is 0 Å². The third-order valence-corrected chi connectivity index (χ3v) is 3.60. The van der Waals surface area contributed by atoms with Crippen molar-refractivity contribution in [2.45, 2.75) is 6.18 Å². The predicted octanol–water partition coefficient (Wildman–Crippen LogP) is 4.01. The number of phenolic OH excluding ortho intramolecular Hbond substituents is 1. The summed E-state index contributed by atoms with van der Waals surface area (Å²) in [5.41, 5.74) is -0.580. The van der Waals surface area contributed by atoms with Gasteiger partial charge in [-0.05, 0) is 18.2 Å². The van der Waals surface area contributed by atoms with E-state index >= 15 is 0 Å². The summed E-state index contributed by atoms with van der Waals surface area (Å²) in [4.78, 5) is 17.2. The zero-order chi connectivity index (χ0) is 19.8. The van der Waals surface area contributed by atoms with E-state index in [1.54, 1.807) is 0 Å². The molecular weight excluding hydrogens is 369 g/mol. The van der Waals surface area contributed by atoms with Crippen molar-refractivity contribution in [1.82, 2.24) is 9.97 Å². The van der Waals surface area contributed by atoms with Crippen molar-refractivity contribution in [3.63, 3.8) is 0 Å². The molecular formula is C16H11F3N4O4. The first-order valence-electron chi connectivity index (χ1n) is 7.36. The van der Waals surface area contributed by atoms with Gasteiger partial charge in [-0.15, -0.1) is 0 Å². The quantitative estimate of drug-likeness (QED) is 0.400. The summed E-state index contributed by atoms with van der Waals surface area (Å²) in [5.74, 6) is -1.78. The molecule has 2 aromatic carbocycles. The zero-order valence-corrected chi connectivity index (χ0v) is 13.6. The lowest BCUT2D eigenvalue weighted by molar-refractivity contribution is -0.384. The van der Waals surface area contributed by atoms with Gasteiger partial charge in [0.1, 0.15) is 17.3 Å². The fourth-order valence-corrected chi connectivity index (χ4v) is 2.32. The highest BCUT2D eigenvalue weighted by Gasteiger charge is 2.35. The Balaban J connectivity index is 2.18. The molecule has 0 amide bonds. The Morgan fingerprint density at radius 1 is 1.19 bits per heavy atom. The summed E-state index contributed by atoms with van der Waals surface area (Å²) in [6.45, 7) is 0. The molecule has 0 saturated carbocycles. The maximum absolute atomic E-state index is 13.1. The van der Waals surface area contributed by atoms with Gasteiger partial charge in [0.15, 0.2) is 0 Å². The van der Waals surface area contributed by atoms with E-state index in [1.807, 2.05) is 0 Å². The molecule has 8 nitrogen and oxygen atoms in total. The van der Waals surface area contributed by atoms with Crippen molar-refractivity contribution in [1.29, 1.82) is 0 Å². The van der Waals surface area contributed by atoms with Crippen molar-refractivity contribution < 1.29 is 27.9 Å². The number of nitro groups is 1. The Labute approximate surface area is 149 Å². The monoisotopic (exact) mass is 380 g/mol. The summed E-state index contributed by atoms with van der Waals surface area (Å²) in [5, 5.41) is 23.5. The fourth-order valence-electron chi connectivity index (χ4n) is 2.32. The topological polar surface area (TPSA) is 110 Å². The van der Waals surface area contributed by atoms with Gasteiger partial charge in [0.25, 0.3) is 5.69 Å². The molecule has 0 spiro atoms. The molecule has 27 heavy (non-hydrogen) atoms. The lowest BCUT2D eigenvalue weighted by atomic mass is 10.2. The number of nitro benzene ring substituents is 1. The minimum atomic E-state index is -4.82. The summed E-state index contributed by atoms with van der Waals surface area (Å²) in [7, 11) is 1.35. The molecule has 3 aromatic rings. The Hall–Kier alpha value is -3.63. The van der Waals surface area contributed by atoms with Crippen LogP contribution in [0, 0.1) is 10.1 Å². The molecule has 0 aliphatic carbocycles. The van der Waals surface area contributed by atoms with Crippen molar-refractivity contribution in [2.75, 3.05) is 12.4 Å². The minimum absolute atomic E-state index is 0.0518. The molecule has 0 fully saturated rings. The maximum Gasteiger partial charge on any atom is 0.451 e. The summed E-state index contributed by atoms with van der Waals surface area (Å²) in [6, 6.07) is 7.33. The number of anilines is 2. The number of nitrogens with one attached hydrogen (secondary N) is 1. The standard InChI is InChI=1S/C16H11F3N4O4/c1-27-9-3-4-10-11(7-9)21-15(16(17,18)19)22-14(10)20-12-6-8(23(25)26)2-5-13(12)24/h2-7,24H,1H3,(H,20,21,22). The van der Waals surface area contributed by atoms with Gasteiger partial charge in [0, 0.05) is 23.6 Å². The average Bonchev–Trinajstić information content (AvgIpc) is 2.61. The lowest BCUT2D eigenvalue weighted by Gasteiger charge is -2.13. The Kier molecular flexibility index (Phi) is 4.44. The van der Waals surface area contributed by atoms with Crippen LogP contribution in [0.3, 0.4) is 0 Å². The number of phenols is 1. The number of non-ortho nitro benzene ring substituents is 1. The molecule has 11 heteroatoms. The first-order valence-corrected chi connectivity index (χ1v) is 7.36. The molecule has 0 unspecified atom stereocenters. The van der Waals surface area contributed by atoms with E-state index in [1.165, 1.54) is 25.3 Å². The van der Waals surface area contributed by atoms with Crippen molar-refractivity contribution >= 4 is 28.1 Å². The van der Waals surface area contributed by atoms with E-state index in [-0.39, 0.29) is 28.1 Å². The summed E-state index contributed by atoms with van der Waals surface area (Å²) >= 11 is 0. The van der Waals surface area contributed by atoms with Gasteiger partial charge in [0.2, 0.25) is 5.82 Å². The molecule has 3 rings (SSSR count). The average molecular weight is 380 g/mol. The van der Waals surface area contributed by atoms with Gasteiger partial charge >= 0.3 is 6.18 Å². The SMILES string of the molecule is COc1ccc2c(Nc3cc([N+](=O)[O-])ccc3O)nc(C(F)(F)F)nc2c1. The minimum Gasteiger partial charge on any atom is -0.506 e. The molecule has 1 heterocycles. The van der Waals surface area contributed by atoms with Crippen molar-refractivity contribution in [2.24, 2.45) is 0 Å². The van der Waals surface area contributed by atoms with Crippen molar-refractivity contribution in [3.8, 4) is 11.5 Å². The molecule has 0 saturated heterocycles. The van der Waals surface area contributed by atoms with Gasteiger partial charge in [0.05, 0.1) is 23.2 Å². The summed E-state index contributed by atoms with van der Waals surface area (Å²) < 4.78 is 44.4. The highest BCUT2D eigenvalue weighted by atomic mass is 19.4. The van der Waals surface area contributed by atoms with Crippen molar-refractivity contribution in [3.05, 3.63) is 52.3 Å². The normalized spacial score (nSPS) is 11.4. The van der Waals surface area contributed by atoms with E-state index < -0.39 is 22.7 Å². The Morgan fingerprint density at radius 3 is 2.56 bits per heavy atom. The predicted molar refractivity (Wildman–Crippen MR) is 89.1 cm³/mol. The Morgan fingerprint density at radius 2 is 1.93 bits per heavy atom. The second-order valence-electron chi connectivity index (χ2n) is 5.36. The molecule has 140 valence electrons. The lowest BCUT2D eigenvalue weighted by Crippen LogP contribution is -2.12. The zero-order valence-electron chi connectivity index (χ0n) is 13.6. The van der Waals surface area contributed by atoms with Crippen LogP contribution < -0.4 is 10.1 Å². The molecule has 0 aliphatic rings. The number of alkyl halides is 3. The first-order chi connectivity index (χ1) is 12.7. The number of hydrogen-bond acceptors (Lipinski definition) is 7. The van der Waals surface area contributed by atoms with E-state index in [2.05, 4.69) is 15.3 Å². The third-order valence-electron chi connectivity index (χ3n) is 3.60. The van der Waals surface area contributed by atoms with Crippen LogP contribution in [-0.4, -0.2) is 27.1 Å². The van der Waals surface area contributed by atoms with Gasteiger partial charge < -0.3 is 15.2 Å². The number of hydrogen-bond donors (Lipinski definition) is 2. The van der Waals surface area contributed by atoms with Crippen LogP contribution in [0.4, 0.5) is 30.4 Å². The van der Waals surface area contributed by atoms with Gasteiger partial charge in [-0.1, -0.05) is 0 Å². The number of aromatic nitrogens is 2. The second kappa shape index (κ2) is 6.59. The fraction of sp³-hybridized carbons (Fsp3) is 0.125. The smallest absolute Gasteiger partial charge is 0.451 e. The van der Waals surface area contributed by atoms with Crippen LogP contribution >= 0.6 is 0 Å².